The van der Waals surface area contributed by atoms with Crippen molar-refractivity contribution in [1.29, 1.82) is 0 Å². The van der Waals surface area contributed by atoms with E-state index in [0.717, 1.165) is 0 Å². The highest BCUT2D eigenvalue weighted by Gasteiger charge is 2.55. The molecule has 202 valence electrons. The van der Waals surface area contributed by atoms with Crippen LogP contribution in [0.5, 0.6) is 0 Å². The zero-order chi connectivity index (χ0) is 25.6. The van der Waals surface area contributed by atoms with E-state index in [1.807, 2.05) is 0 Å². The summed E-state index contributed by atoms with van der Waals surface area (Å²) in [5.74, 6) is -1.54. The first-order chi connectivity index (χ1) is 17.1. The molecule has 0 amide bonds. The van der Waals surface area contributed by atoms with E-state index in [1.54, 1.807) is 6.92 Å². The van der Waals surface area contributed by atoms with Gasteiger partial charge in [0.2, 0.25) is 0 Å². The van der Waals surface area contributed by atoms with Crippen molar-refractivity contribution in [2.45, 2.75) is 69.2 Å². The minimum absolute atomic E-state index is 0.00250. The number of halogens is 6. The molecule has 1 aromatic heterocycles. The number of nitrogens with zero attached hydrogens (tertiary/aromatic N) is 3. The molecular weight excluding hydrogens is 486 g/mol. The highest BCUT2D eigenvalue weighted by Crippen LogP contribution is 2.53. The van der Waals surface area contributed by atoms with Gasteiger partial charge in [0.25, 0.3) is 0 Å². The van der Waals surface area contributed by atoms with Crippen molar-refractivity contribution >= 4 is 5.69 Å². The lowest BCUT2D eigenvalue weighted by atomic mass is 9.62. The van der Waals surface area contributed by atoms with Crippen LogP contribution in [-0.4, -0.2) is 78.2 Å². The summed E-state index contributed by atoms with van der Waals surface area (Å²) < 4.78 is 83.4. The van der Waals surface area contributed by atoms with Gasteiger partial charge in [-0.25, -0.2) is 14.2 Å². The third kappa shape index (κ3) is 5.19. The van der Waals surface area contributed by atoms with Crippen LogP contribution in [0.4, 0.5) is 32.0 Å². The third-order valence-electron chi connectivity index (χ3n) is 8.45. The smallest absolute Gasteiger partial charge is 0.378 e. The molecule has 5 unspecified atom stereocenters. The van der Waals surface area contributed by atoms with Gasteiger partial charge >= 0.3 is 6.18 Å². The zero-order valence-corrected chi connectivity index (χ0v) is 20.2. The number of rotatable bonds is 7. The molecule has 4 fully saturated rings. The number of fused-ring (bicyclic) bond motifs is 3. The molecule has 12 heteroatoms. The molecule has 6 nitrogen and oxygen atoms in total. The lowest BCUT2D eigenvalue weighted by Gasteiger charge is -2.53. The number of alkyl halides is 5. The topological polar surface area (TPSA) is 55.5 Å². The first-order valence-corrected chi connectivity index (χ1v) is 12.8. The van der Waals surface area contributed by atoms with Crippen LogP contribution in [0.25, 0.3) is 0 Å². The summed E-state index contributed by atoms with van der Waals surface area (Å²) in [6.45, 7) is 2.27. The molecule has 36 heavy (non-hydrogen) atoms. The van der Waals surface area contributed by atoms with Crippen LogP contribution in [0, 0.1) is 23.6 Å². The van der Waals surface area contributed by atoms with Crippen LogP contribution in [0.15, 0.2) is 12.3 Å². The second-order valence-corrected chi connectivity index (χ2v) is 10.8. The standard InChI is InChI=1S/C24H34F6N6/c1-13-7-17-16(3-4-19-20(17)23(27)34-33-19)22(36(13)12-24(28,29)30)21-18(26)8-14(9-31-21)32-15-10-35(11-15)6-2-5-25/h8-9,13,15-17,19-20,22-23,32-34H,2-7,10-12H2,1H3/t13-,16?,17?,19?,20?,22+,23?/m1/s1. The number of anilines is 1. The Morgan fingerprint density at radius 1 is 1.17 bits per heavy atom. The average molecular weight is 521 g/mol. The van der Waals surface area contributed by atoms with Crippen molar-refractivity contribution < 1.29 is 26.3 Å². The van der Waals surface area contributed by atoms with Crippen LogP contribution < -0.4 is 16.2 Å². The van der Waals surface area contributed by atoms with Gasteiger partial charge in [0, 0.05) is 43.7 Å². The summed E-state index contributed by atoms with van der Waals surface area (Å²) >= 11 is 0. The maximum absolute atomic E-state index is 15.5. The monoisotopic (exact) mass is 520 g/mol. The van der Waals surface area contributed by atoms with Gasteiger partial charge in [0.15, 0.2) is 6.30 Å². The molecule has 4 heterocycles. The number of likely N-dealkylation sites (tertiary alicyclic amines) is 2. The Kier molecular flexibility index (Phi) is 7.41. The van der Waals surface area contributed by atoms with Gasteiger partial charge < -0.3 is 5.32 Å². The van der Waals surface area contributed by atoms with Crippen LogP contribution in [0.1, 0.15) is 44.3 Å². The molecule has 0 radical (unpaired) electrons. The van der Waals surface area contributed by atoms with Gasteiger partial charge in [-0.3, -0.25) is 24.6 Å². The molecule has 0 spiro atoms. The fourth-order valence-electron chi connectivity index (χ4n) is 6.94. The average Bonchev–Trinajstić information content (AvgIpc) is 3.17. The van der Waals surface area contributed by atoms with Crippen LogP contribution in [-0.2, 0) is 0 Å². The molecule has 7 atom stereocenters. The van der Waals surface area contributed by atoms with E-state index < -0.39 is 36.9 Å². The lowest BCUT2D eigenvalue weighted by molar-refractivity contribution is -0.174. The molecule has 3 N–H and O–H groups in total. The number of nitrogens with one attached hydrogen (secondary N) is 3. The van der Waals surface area contributed by atoms with Gasteiger partial charge in [-0.2, -0.15) is 13.2 Å². The minimum atomic E-state index is -4.45. The Hall–Kier alpha value is -1.63. The first-order valence-electron chi connectivity index (χ1n) is 12.8. The molecule has 3 saturated heterocycles. The van der Waals surface area contributed by atoms with Gasteiger partial charge in [-0.1, -0.05) is 0 Å². The Labute approximate surface area is 207 Å². The Morgan fingerprint density at radius 3 is 2.64 bits per heavy atom. The number of pyridine rings is 1. The largest absolute Gasteiger partial charge is 0.401 e. The minimum Gasteiger partial charge on any atom is -0.378 e. The molecule has 0 bridgehead atoms. The van der Waals surface area contributed by atoms with E-state index >= 15 is 4.39 Å². The van der Waals surface area contributed by atoms with Gasteiger partial charge in [0.05, 0.1) is 42.9 Å². The molecule has 3 aliphatic heterocycles. The van der Waals surface area contributed by atoms with Crippen LogP contribution in [0.2, 0.25) is 0 Å². The molecule has 1 aromatic rings. The molecule has 1 saturated carbocycles. The predicted molar refractivity (Wildman–Crippen MR) is 123 cm³/mol. The van der Waals surface area contributed by atoms with E-state index in [0.29, 0.717) is 51.0 Å². The van der Waals surface area contributed by atoms with E-state index in [4.69, 9.17) is 0 Å². The normalized spacial score (nSPS) is 35.8. The highest BCUT2D eigenvalue weighted by atomic mass is 19.4. The van der Waals surface area contributed by atoms with Gasteiger partial charge in [-0.15, -0.1) is 0 Å². The second kappa shape index (κ2) is 10.3. The fourth-order valence-corrected chi connectivity index (χ4v) is 6.94. The summed E-state index contributed by atoms with van der Waals surface area (Å²) in [6, 6.07) is -0.0949. The summed E-state index contributed by atoms with van der Waals surface area (Å²) in [5, 5.41) is 3.21. The zero-order valence-electron chi connectivity index (χ0n) is 20.2. The van der Waals surface area contributed by atoms with Crippen LogP contribution in [0.3, 0.4) is 0 Å². The summed E-state index contributed by atoms with van der Waals surface area (Å²) in [4.78, 5) is 7.77. The molecule has 5 rings (SSSR count). The van der Waals surface area contributed by atoms with Crippen molar-refractivity contribution in [2.75, 3.05) is 38.2 Å². The molecular formula is C24H34F6N6. The molecule has 1 aliphatic carbocycles. The lowest BCUT2D eigenvalue weighted by Crippen LogP contribution is -2.56. The number of aromatic nitrogens is 1. The SMILES string of the molecule is C[C@@H]1CC2C3C(F)NNC3CCC2[C@@H](c2ncc(NC3CN(CCCF)C3)cc2F)N1CC(F)(F)F. The summed E-state index contributed by atoms with van der Waals surface area (Å²) in [5.41, 5.74) is 6.09. The van der Waals surface area contributed by atoms with E-state index in [-0.39, 0.29) is 42.2 Å². The quantitative estimate of drug-likeness (QED) is 0.376. The third-order valence-corrected chi connectivity index (χ3v) is 8.45. The van der Waals surface area contributed by atoms with E-state index in [1.165, 1.54) is 17.2 Å². The molecule has 0 aromatic carbocycles. The maximum atomic E-state index is 15.5. The van der Waals surface area contributed by atoms with Crippen molar-refractivity contribution in [3.63, 3.8) is 0 Å². The Morgan fingerprint density at radius 2 is 1.94 bits per heavy atom. The second-order valence-electron chi connectivity index (χ2n) is 10.8. The Bertz CT molecular complexity index is 912. The fraction of sp³-hybridized carbons (Fsp3) is 0.792. The number of hydrazine groups is 1. The van der Waals surface area contributed by atoms with Crippen molar-refractivity contribution in [1.82, 2.24) is 25.6 Å². The summed E-state index contributed by atoms with van der Waals surface area (Å²) in [6.07, 6.45) is -2.20. The maximum Gasteiger partial charge on any atom is 0.401 e. The van der Waals surface area contributed by atoms with Crippen LogP contribution >= 0.6 is 0 Å². The van der Waals surface area contributed by atoms with Crippen molar-refractivity contribution in [2.24, 2.45) is 17.8 Å². The number of hydrogen-bond acceptors (Lipinski definition) is 6. The molecule has 4 aliphatic rings. The number of piperidine rings is 1. The van der Waals surface area contributed by atoms with Crippen molar-refractivity contribution in [3.05, 3.63) is 23.8 Å². The van der Waals surface area contributed by atoms with Crippen molar-refractivity contribution in [3.8, 4) is 0 Å². The highest BCUT2D eigenvalue weighted by molar-refractivity contribution is 5.44. The van der Waals surface area contributed by atoms with E-state index in [9.17, 15) is 22.0 Å². The number of hydrogen-bond donors (Lipinski definition) is 3. The van der Waals surface area contributed by atoms with Gasteiger partial charge in [-0.05, 0) is 44.4 Å². The Balaban J connectivity index is 1.38. The van der Waals surface area contributed by atoms with E-state index in [2.05, 4.69) is 26.1 Å². The summed E-state index contributed by atoms with van der Waals surface area (Å²) in [7, 11) is 0. The predicted octanol–water partition coefficient (Wildman–Crippen LogP) is 3.79. The first kappa shape index (κ1) is 26.0. The van der Waals surface area contributed by atoms with Gasteiger partial charge in [0.1, 0.15) is 5.82 Å².